The fourth-order valence-corrected chi connectivity index (χ4v) is 7.80. The number of hydrogen-bond donors (Lipinski definition) is 0. The van der Waals surface area contributed by atoms with Gasteiger partial charge in [0.2, 0.25) is 0 Å². The number of fused-ring (bicyclic) bond motifs is 9. The summed E-state index contributed by atoms with van der Waals surface area (Å²) >= 11 is 0. The molecule has 0 N–H and O–H groups in total. The van der Waals surface area contributed by atoms with E-state index < -0.39 is 0 Å². The molecule has 0 saturated heterocycles. The zero-order chi connectivity index (χ0) is 30.2. The highest BCUT2D eigenvalue weighted by atomic mass is 14.2. The third-order valence-electron chi connectivity index (χ3n) is 9.98. The van der Waals surface area contributed by atoms with Crippen molar-refractivity contribution >= 4 is 43.1 Å². The average Bonchev–Trinajstić information content (AvgIpc) is 3.46. The molecule has 0 bridgehead atoms. The van der Waals surface area contributed by atoms with Gasteiger partial charge in [-0.05, 0) is 123 Å². The molecular weight excluding hydrogens is 553 g/mol. The second kappa shape index (κ2) is 9.76. The van der Waals surface area contributed by atoms with Crippen LogP contribution in [0.3, 0.4) is 0 Å². The summed E-state index contributed by atoms with van der Waals surface area (Å²) in [6, 6.07) is 62.7. The van der Waals surface area contributed by atoms with Crippen LogP contribution in [0.1, 0.15) is 0 Å². The Morgan fingerprint density at radius 2 is 0.696 bits per heavy atom. The van der Waals surface area contributed by atoms with Crippen LogP contribution < -0.4 is 0 Å². The molecule has 0 atom stereocenters. The zero-order valence-corrected chi connectivity index (χ0v) is 25.2. The minimum Gasteiger partial charge on any atom is -0.0616 e. The van der Waals surface area contributed by atoms with E-state index in [0.29, 0.717) is 0 Å². The van der Waals surface area contributed by atoms with Gasteiger partial charge in [-0.2, -0.15) is 0 Å². The van der Waals surface area contributed by atoms with Gasteiger partial charge in [-0.25, -0.2) is 0 Å². The molecule has 0 heteroatoms. The van der Waals surface area contributed by atoms with Gasteiger partial charge in [0.1, 0.15) is 0 Å². The normalized spacial score (nSPS) is 11.9. The summed E-state index contributed by atoms with van der Waals surface area (Å²) in [7, 11) is 0. The Morgan fingerprint density at radius 3 is 1.39 bits per heavy atom. The first kappa shape index (κ1) is 25.4. The van der Waals surface area contributed by atoms with Crippen molar-refractivity contribution in [3.05, 3.63) is 170 Å². The van der Waals surface area contributed by atoms with Crippen LogP contribution in [0, 0.1) is 0 Å². The molecule has 0 heterocycles. The van der Waals surface area contributed by atoms with E-state index in [-0.39, 0.29) is 0 Å². The van der Waals surface area contributed by atoms with Crippen LogP contribution >= 0.6 is 0 Å². The van der Waals surface area contributed by atoms with Crippen molar-refractivity contribution in [1.29, 1.82) is 0 Å². The van der Waals surface area contributed by atoms with Crippen molar-refractivity contribution in [1.82, 2.24) is 0 Å². The third-order valence-corrected chi connectivity index (χ3v) is 9.98. The molecule has 0 amide bonds. The first-order valence-corrected chi connectivity index (χ1v) is 16.0. The molecule has 1 aliphatic carbocycles. The Hall–Kier alpha value is -5.98. The summed E-state index contributed by atoms with van der Waals surface area (Å²) < 4.78 is 0. The van der Waals surface area contributed by atoms with Crippen LogP contribution in [-0.2, 0) is 0 Å². The van der Waals surface area contributed by atoms with Crippen LogP contribution in [0.4, 0.5) is 0 Å². The lowest BCUT2D eigenvalue weighted by atomic mass is 9.91. The van der Waals surface area contributed by atoms with Crippen molar-refractivity contribution < 1.29 is 0 Å². The van der Waals surface area contributed by atoms with Crippen molar-refractivity contribution in [3.8, 4) is 55.6 Å². The standard InChI is InChI=1S/C46H28/c1-2-14-38-36(12-1)37-13-3-5-16-40(37)44-27-33(23-24-42(38)44)32-10-7-9-31(25-32)29-19-21-30(22-20-29)35-26-34-11-8-18-43-39-15-4-6-17-41(39)45(28-35)46(34)43/h1-28H. The largest absolute Gasteiger partial charge is 0.0616 e. The maximum absolute atomic E-state index is 2.37. The van der Waals surface area contributed by atoms with Crippen LogP contribution in [0.2, 0.25) is 0 Å². The van der Waals surface area contributed by atoms with Crippen LogP contribution in [-0.4, -0.2) is 0 Å². The Bertz CT molecular complexity index is 2640. The SMILES string of the molecule is c1cc(-c2ccc(-c3cc4c5c(cccc5c3)-c3ccccc3-4)cc2)cc(-c2ccc3c4ccccc4c4ccccc4c3c2)c1. The van der Waals surface area contributed by atoms with E-state index in [4.69, 9.17) is 0 Å². The van der Waals surface area contributed by atoms with E-state index in [1.165, 1.54) is 98.7 Å². The summed E-state index contributed by atoms with van der Waals surface area (Å²) in [5.74, 6) is 0. The molecule has 212 valence electrons. The van der Waals surface area contributed by atoms with Gasteiger partial charge in [0.25, 0.3) is 0 Å². The summed E-state index contributed by atoms with van der Waals surface area (Å²) in [6.07, 6.45) is 0. The quantitative estimate of drug-likeness (QED) is 0.182. The molecule has 0 spiro atoms. The topological polar surface area (TPSA) is 0 Å². The molecule has 9 aromatic rings. The van der Waals surface area contributed by atoms with E-state index in [1.54, 1.807) is 0 Å². The van der Waals surface area contributed by atoms with Gasteiger partial charge < -0.3 is 0 Å². The van der Waals surface area contributed by atoms with Gasteiger partial charge in [0.05, 0.1) is 0 Å². The average molecular weight is 581 g/mol. The molecular formula is C46H28. The van der Waals surface area contributed by atoms with E-state index >= 15 is 0 Å². The van der Waals surface area contributed by atoms with E-state index in [1.807, 2.05) is 0 Å². The van der Waals surface area contributed by atoms with Gasteiger partial charge in [0.15, 0.2) is 0 Å². The third kappa shape index (κ3) is 3.74. The number of benzene rings is 9. The van der Waals surface area contributed by atoms with E-state index in [2.05, 4.69) is 170 Å². The Kier molecular flexibility index (Phi) is 5.38. The minimum absolute atomic E-state index is 1.22. The highest BCUT2D eigenvalue weighted by Crippen LogP contribution is 2.48. The Labute approximate surface area is 267 Å². The molecule has 0 aromatic heterocycles. The number of hydrogen-bond acceptors (Lipinski definition) is 0. The lowest BCUT2D eigenvalue weighted by Crippen LogP contribution is -1.86. The fraction of sp³-hybridized carbons (Fsp3) is 0. The highest BCUT2D eigenvalue weighted by Gasteiger charge is 2.21. The van der Waals surface area contributed by atoms with Crippen molar-refractivity contribution in [3.63, 3.8) is 0 Å². The van der Waals surface area contributed by atoms with Crippen LogP contribution in [0.5, 0.6) is 0 Å². The molecule has 46 heavy (non-hydrogen) atoms. The Morgan fingerprint density at radius 1 is 0.217 bits per heavy atom. The van der Waals surface area contributed by atoms with Gasteiger partial charge in [-0.1, -0.05) is 146 Å². The minimum atomic E-state index is 1.22. The van der Waals surface area contributed by atoms with Crippen molar-refractivity contribution in [2.24, 2.45) is 0 Å². The molecule has 0 unspecified atom stereocenters. The van der Waals surface area contributed by atoms with Gasteiger partial charge in [-0.3, -0.25) is 0 Å². The first-order chi connectivity index (χ1) is 22.8. The fourth-order valence-electron chi connectivity index (χ4n) is 7.80. The molecule has 10 rings (SSSR count). The highest BCUT2D eigenvalue weighted by molar-refractivity contribution is 6.25. The van der Waals surface area contributed by atoms with Crippen molar-refractivity contribution in [2.75, 3.05) is 0 Å². The van der Waals surface area contributed by atoms with Crippen LogP contribution in [0.15, 0.2) is 170 Å². The molecule has 0 saturated carbocycles. The predicted octanol–water partition coefficient (Wildman–Crippen LogP) is 12.9. The molecule has 0 aliphatic heterocycles. The summed E-state index contributed by atoms with van der Waals surface area (Å²) in [4.78, 5) is 0. The summed E-state index contributed by atoms with van der Waals surface area (Å²) in [5.41, 5.74) is 12.8. The second-order valence-electron chi connectivity index (χ2n) is 12.5. The van der Waals surface area contributed by atoms with Gasteiger partial charge >= 0.3 is 0 Å². The van der Waals surface area contributed by atoms with Crippen LogP contribution in [0.25, 0.3) is 98.7 Å². The lowest BCUT2D eigenvalue weighted by Gasteiger charge is -2.13. The lowest BCUT2D eigenvalue weighted by molar-refractivity contribution is 1.59. The van der Waals surface area contributed by atoms with E-state index in [9.17, 15) is 0 Å². The number of rotatable bonds is 3. The predicted molar refractivity (Wildman–Crippen MR) is 197 cm³/mol. The molecule has 0 nitrogen and oxygen atoms in total. The Balaban J connectivity index is 1.04. The summed E-state index contributed by atoms with van der Waals surface area (Å²) in [5, 5.41) is 10.5. The maximum Gasteiger partial charge on any atom is -0.00259 e. The van der Waals surface area contributed by atoms with Crippen molar-refractivity contribution in [2.45, 2.75) is 0 Å². The molecule has 1 aliphatic rings. The monoisotopic (exact) mass is 580 g/mol. The summed E-state index contributed by atoms with van der Waals surface area (Å²) in [6.45, 7) is 0. The molecule has 9 aromatic carbocycles. The first-order valence-electron chi connectivity index (χ1n) is 16.0. The van der Waals surface area contributed by atoms with E-state index in [0.717, 1.165) is 0 Å². The maximum atomic E-state index is 2.37. The van der Waals surface area contributed by atoms with Gasteiger partial charge in [-0.15, -0.1) is 0 Å². The smallest absolute Gasteiger partial charge is 0.00259 e. The zero-order valence-electron chi connectivity index (χ0n) is 25.2. The second-order valence-corrected chi connectivity index (χ2v) is 12.5. The molecule has 0 fully saturated rings. The van der Waals surface area contributed by atoms with Gasteiger partial charge in [0, 0.05) is 0 Å². The molecule has 0 radical (unpaired) electrons.